The summed E-state index contributed by atoms with van der Waals surface area (Å²) < 4.78 is 6.28. The predicted octanol–water partition coefficient (Wildman–Crippen LogP) is 3.43. The van der Waals surface area contributed by atoms with Crippen molar-refractivity contribution in [2.75, 3.05) is 18.0 Å². The van der Waals surface area contributed by atoms with E-state index in [-0.39, 0.29) is 24.0 Å². The highest BCUT2D eigenvalue weighted by Gasteiger charge is 2.25. The van der Waals surface area contributed by atoms with E-state index in [1.54, 1.807) is 18.5 Å². The second kappa shape index (κ2) is 10.7. The summed E-state index contributed by atoms with van der Waals surface area (Å²) in [5.74, 6) is 1.37. The number of pyridine rings is 1. The van der Waals surface area contributed by atoms with Crippen molar-refractivity contribution in [2.24, 2.45) is 5.92 Å². The maximum atomic E-state index is 12.7. The minimum absolute atomic E-state index is 0.0388. The number of rotatable bonds is 6. The Morgan fingerprint density at radius 3 is 2.56 bits per heavy atom. The molecule has 0 radical (unpaired) electrons. The van der Waals surface area contributed by atoms with Gasteiger partial charge >= 0.3 is 0 Å². The van der Waals surface area contributed by atoms with E-state index in [0.29, 0.717) is 16.8 Å². The number of anilines is 1. The lowest BCUT2D eigenvalue weighted by Gasteiger charge is -2.30. The molecule has 9 heteroatoms. The lowest BCUT2D eigenvalue weighted by atomic mass is 9.92. The van der Waals surface area contributed by atoms with Crippen molar-refractivity contribution >= 4 is 28.9 Å². The van der Waals surface area contributed by atoms with Gasteiger partial charge in [0, 0.05) is 36.6 Å². The van der Waals surface area contributed by atoms with Gasteiger partial charge in [-0.05, 0) is 62.8 Å². The van der Waals surface area contributed by atoms with E-state index in [1.165, 1.54) is 6.20 Å². The molecule has 2 aliphatic rings. The van der Waals surface area contributed by atoms with Crippen LogP contribution in [0.1, 0.15) is 54.6 Å². The van der Waals surface area contributed by atoms with Crippen LogP contribution >= 0.6 is 0 Å². The number of carbonyl (C=O) groups is 2. The minimum Gasteiger partial charge on any atom is -0.490 e. The van der Waals surface area contributed by atoms with Crippen LogP contribution in [0.2, 0.25) is 0 Å². The van der Waals surface area contributed by atoms with Crippen molar-refractivity contribution in [3.8, 4) is 11.8 Å². The van der Waals surface area contributed by atoms with Crippen molar-refractivity contribution in [3.63, 3.8) is 0 Å². The number of hydrogen-bond acceptors (Lipinski definition) is 8. The number of amides is 1. The molecule has 1 aliphatic heterocycles. The molecule has 1 N–H and O–H groups in total. The number of nitriles is 1. The van der Waals surface area contributed by atoms with Gasteiger partial charge in [-0.2, -0.15) is 5.26 Å². The Morgan fingerprint density at radius 1 is 1.06 bits per heavy atom. The van der Waals surface area contributed by atoms with Crippen LogP contribution in [-0.2, 0) is 4.79 Å². The fraction of sp³-hybridized carbons (Fsp3) is 0.407. The highest BCUT2D eigenvalue weighted by Crippen LogP contribution is 2.31. The highest BCUT2D eigenvalue weighted by molar-refractivity contribution is 5.92. The van der Waals surface area contributed by atoms with Crippen LogP contribution in [0.5, 0.6) is 5.75 Å². The van der Waals surface area contributed by atoms with Gasteiger partial charge in [0.1, 0.15) is 29.6 Å². The SMILES string of the molecule is N#Cc1ccc(OC2CCC(NC(=O)c3cnc(N4CCC(C=O)CC4)cn3)CC2)c2cccnc12. The number of benzene rings is 1. The molecule has 1 amide bonds. The number of piperidine rings is 1. The Hall–Kier alpha value is -4.06. The average molecular weight is 485 g/mol. The summed E-state index contributed by atoms with van der Waals surface area (Å²) >= 11 is 0. The zero-order valence-electron chi connectivity index (χ0n) is 20.0. The van der Waals surface area contributed by atoms with Crippen LogP contribution in [0.25, 0.3) is 10.9 Å². The van der Waals surface area contributed by atoms with Gasteiger partial charge in [-0.15, -0.1) is 0 Å². The van der Waals surface area contributed by atoms with Gasteiger partial charge in [-0.1, -0.05) is 0 Å². The minimum atomic E-state index is -0.220. The molecule has 9 nitrogen and oxygen atoms in total. The summed E-state index contributed by atoms with van der Waals surface area (Å²) in [5, 5.41) is 13.3. The van der Waals surface area contributed by atoms with Crippen molar-refractivity contribution in [1.82, 2.24) is 20.3 Å². The number of nitrogens with one attached hydrogen (secondary N) is 1. The first-order valence-electron chi connectivity index (χ1n) is 12.4. The molecule has 36 heavy (non-hydrogen) atoms. The third kappa shape index (κ3) is 5.13. The first-order chi connectivity index (χ1) is 17.6. The molecule has 1 saturated heterocycles. The molecule has 0 atom stereocenters. The lowest BCUT2D eigenvalue weighted by Crippen LogP contribution is -2.40. The summed E-state index contributed by atoms with van der Waals surface area (Å²) in [5.41, 5.74) is 1.48. The Kier molecular flexibility index (Phi) is 7.03. The number of aldehydes is 1. The van der Waals surface area contributed by atoms with Gasteiger partial charge in [-0.3, -0.25) is 9.78 Å². The normalized spacial score (nSPS) is 20.5. The third-order valence-corrected chi connectivity index (χ3v) is 7.08. The first kappa shape index (κ1) is 23.7. The maximum absolute atomic E-state index is 12.7. The summed E-state index contributed by atoms with van der Waals surface area (Å²) in [4.78, 5) is 38.9. The predicted molar refractivity (Wildman–Crippen MR) is 134 cm³/mol. The number of nitrogens with zero attached hydrogens (tertiary/aromatic N) is 5. The number of hydrogen-bond donors (Lipinski definition) is 1. The Balaban J connectivity index is 1.13. The molecule has 3 aromatic rings. The van der Waals surface area contributed by atoms with Crippen LogP contribution in [0, 0.1) is 17.2 Å². The number of carbonyl (C=O) groups excluding carboxylic acids is 2. The van der Waals surface area contributed by atoms with Gasteiger partial charge in [0.2, 0.25) is 0 Å². The Labute approximate surface area is 209 Å². The van der Waals surface area contributed by atoms with E-state index in [4.69, 9.17) is 4.74 Å². The second-order valence-corrected chi connectivity index (χ2v) is 9.41. The Bertz CT molecular complexity index is 1270. The lowest BCUT2D eigenvalue weighted by molar-refractivity contribution is -0.111. The molecule has 2 fully saturated rings. The van der Waals surface area contributed by atoms with Crippen molar-refractivity contribution in [1.29, 1.82) is 5.26 Å². The van der Waals surface area contributed by atoms with E-state index >= 15 is 0 Å². The number of ether oxygens (including phenoxy) is 1. The summed E-state index contributed by atoms with van der Waals surface area (Å²) in [7, 11) is 0. The average Bonchev–Trinajstić information content (AvgIpc) is 2.94. The zero-order chi connectivity index (χ0) is 24.9. The molecule has 184 valence electrons. The van der Waals surface area contributed by atoms with Gasteiger partial charge in [0.25, 0.3) is 5.91 Å². The zero-order valence-corrected chi connectivity index (χ0v) is 20.0. The molecule has 0 unspecified atom stereocenters. The molecule has 5 rings (SSSR count). The molecular weight excluding hydrogens is 456 g/mol. The van der Waals surface area contributed by atoms with Crippen molar-refractivity contribution in [2.45, 2.75) is 50.7 Å². The summed E-state index contributed by atoms with van der Waals surface area (Å²) in [6.07, 6.45) is 10.8. The van der Waals surface area contributed by atoms with E-state index in [9.17, 15) is 14.9 Å². The highest BCUT2D eigenvalue weighted by atomic mass is 16.5. The fourth-order valence-electron chi connectivity index (χ4n) is 4.97. The van der Waals surface area contributed by atoms with E-state index in [1.807, 2.05) is 18.2 Å². The Morgan fingerprint density at radius 2 is 1.86 bits per heavy atom. The largest absolute Gasteiger partial charge is 0.490 e. The molecule has 1 saturated carbocycles. The van der Waals surface area contributed by atoms with Crippen LogP contribution < -0.4 is 15.0 Å². The quantitative estimate of drug-likeness (QED) is 0.528. The van der Waals surface area contributed by atoms with Crippen molar-refractivity contribution < 1.29 is 14.3 Å². The second-order valence-electron chi connectivity index (χ2n) is 9.41. The van der Waals surface area contributed by atoms with Crippen LogP contribution in [0.4, 0.5) is 5.82 Å². The molecule has 0 bridgehead atoms. The van der Waals surface area contributed by atoms with Gasteiger partial charge < -0.3 is 19.7 Å². The molecule has 1 aromatic carbocycles. The third-order valence-electron chi connectivity index (χ3n) is 7.08. The molecule has 1 aliphatic carbocycles. The van der Waals surface area contributed by atoms with E-state index in [0.717, 1.165) is 74.9 Å². The number of fused-ring (bicyclic) bond motifs is 1. The van der Waals surface area contributed by atoms with E-state index in [2.05, 4.69) is 31.2 Å². The van der Waals surface area contributed by atoms with Crippen LogP contribution in [0.15, 0.2) is 42.9 Å². The molecular formula is C27H28N6O3. The summed E-state index contributed by atoms with van der Waals surface area (Å²) in [6, 6.07) is 9.58. The fourth-order valence-corrected chi connectivity index (χ4v) is 4.97. The molecule has 2 aromatic heterocycles. The smallest absolute Gasteiger partial charge is 0.271 e. The van der Waals surface area contributed by atoms with Gasteiger partial charge in [0.05, 0.1) is 29.6 Å². The van der Waals surface area contributed by atoms with Crippen LogP contribution in [0.3, 0.4) is 0 Å². The maximum Gasteiger partial charge on any atom is 0.271 e. The molecule has 3 heterocycles. The first-order valence-corrected chi connectivity index (χ1v) is 12.4. The number of aromatic nitrogens is 3. The van der Waals surface area contributed by atoms with Crippen molar-refractivity contribution in [3.05, 3.63) is 54.1 Å². The van der Waals surface area contributed by atoms with Crippen LogP contribution in [-0.4, -0.2) is 52.4 Å². The van der Waals surface area contributed by atoms with Gasteiger partial charge in [0.15, 0.2) is 0 Å². The summed E-state index contributed by atoms with van der Waals surface area (Å²) in [6.45, 7) is 1.54. The standard InChI is InChI=1S/C27H28N6O3/c28-14-19-3-8-24(22-2-1-11-29-26(19)22)36-21-6-4-20(5-7-21)32-27(35)23-15-31-25(16-30-23)33-12-9-18(17-34)10-13-33/h1-3,8,11,15-18,20-21H,4-7,9-10,12-13H2,(H,32,35). The molecule has 0 spiro atoms. The topological polar surface area (TPSA) is 121 Å². The van der Waals surface area contributed by atoms with E-state index < -0.39 is 0 Å². The van der Waals surface area contributed by atoms with Gasteiger partial charge in [-0.25, -0.2) is 9.97 Å². The monoisotopic (exact) mass is 484 g/mol.